The lowest BCUT2D eigenvalue weighted by Crippen LogP contribution is -1.99. The van der Waals surface area contributed by atoms with Gasteiger partial charge in [0.25, 0.3) is 0 Å². The zero-order valence-electron chi connectivity index (χ0n) is 14.1. The van der Waals surface area contributed by atoms with Gasteiger partial charge < -0.3 is 0 Å². The summed E-state index contributed by atoms with van der Waals surface area (Å²) < 4.78 is 0. The third-order valence-corrected chi connectivity index (χ3v) is 4.22. The second kappa shape index (κ2) is 6.70. The van der Waals surface area contributed by atoms with Crippen molar-refractivity contribution in [3.8, 4) is 11.3 Å². The van der Waals surface area contributed by atoms with Gasteiger partial charge in [-0.3, -0.25) is 4.99 Å². The molecule has 3 aromatic carbocycles. The molecule has 120 valence electrons. The number of hydrogen-bond acceptors (Lipinski definition) is 2. The molecule has 0 fully saturated rings. The lowest BCUT2D eigenvalue weighted by atomic mass is 10.0. The maximum atomic E-state index is 4.82. The highest BCUT2D eigenvalue weighted by Crippen LogP contribution is 2.23. The maximum Gasteiger partial charge on any atom is 0.0849 e. The van der Waals surface area contributed by atoms with Crippen LogP contribution in [0.1, 0.15) is 12.6 Å². The van der Waals surface area contributed by atoms with E-state index in [1.165, 1.54) is 10.8 Å². The smallest absolute Gasteiger partial charge is 0.0849 e. The Morgan fingerprint density at radius 2 is 1.48 bits per heavy atom. The molecule has 0 N–H and O–H groups in total. The molecule has 0 unspecified atom stereocenters. The molecular weight excluding hydrogens is 304 g/mol. The summed E-state index contributed by atoms with van der Waals surface area (Å²) in [5.41, 5.74) is 4.83. The number of rotatable bonds is 3. The normalized spacial score (nSPS) is 11.6. The molecule has 1 aromatic heterocycles. The maximum absolute atomic E-state index is 4.82. The highest BCUT2D eigenvalue weighted by molar-refractivity contribution is 5.99. The van der Waals surface area contributed by atoms with Gasteiger partial charge in [0.1, 0.15) is 0 Å². The first-order valence-corrected chi connectivity index (χ1v) is 8.36. The minimum Gasteiger partial charge on any atom is -0.252 e. The molecule has 25 heavy (non-hydrogen) atoms. The van der Waals surface area contributed by atoms with Crippen LogP contribution in [-0.2, 0) is 0 Å². The molecule has 0 radical (unpaired) electrons. The molecule has 0 aliphatic heterocycles. The number of fused-ring (bicyclic) bond motifs is 1. The van der Waals surface area contributed by atoms with E-state index in [2.05, 4.69) is 47.5 Å². The summed E-state index contributed by atoms with van der Waals surface area (Å²) in [6, 6.07) is 30.9. The zero-order valence-corrected chi connectivity index (χ0v) is 14.1. The van der Waals surface area contributed by atoms with Gasteiger partial charge in [0.15, 0.2) is 0 Å². The second-order valence-corrected chi connectivity index (χ2v) is 6.00. The Balaban J connectivity index is 1.72. The van der Waals surface area contributed by atoms with E-state index in [0.717, 1.165) is 28.4 Å². The van der Waals surface area contributed by atoms with Gasteiger partial charge >= 0.3 is 0 Å². The van der Waals surface area contributed by atoms with Crippen LogP contribution < -0.4 is 0 Å². The summed E-state index contributed by atoms with van der Waals surface area (Å²) in [5, 5.41) is 2.46. The number of nitrogens with zero attached hydrogens (tertiary/aromatic N) is 2. The van der Waals surface area contributed by atoms with Crippen molar-refractivity contribution in [2.75, 3.05) is 0 Å². The van der Waals surface area contributed by atoms with E-state index in [4.69, 9.17) is 4.98 Å². The third-order valence-electron chi connectivity index (χ3n) is 4.22. The molecule has 2 nitrogen and oxygen atoms in total. The van der Waals surface area contributed by atoms with Gasteiger partial charge in [-0.05, 0) is 48.0 Å². The average Bonchev–Trinajstić information content (AvgIpc) is 2.68. The van der Waals surface area contributed by atoms with Crippen LogP contribution in [0.25, 0.3) is 22.0 Å². The molecule has 0 bridgehead atoms. The van der Waals surface area contributed by atoms with Crippen molar-refractivity contribution in [2.24, 2.45) is 4.99 Å². The lowest BCUT2D eigenvalue weighted by Gasteiger charge is -2.06. The van der Waals surface area contributed by atoms with E-state index >= 15 is 0 Å². The molecule has 4 rings (SSSR count). The first-order valence-electron chi connectivity index (χ1n) is 8.36. The monoisotopic (exact) mass is 322 g/mol. The van der Waals surface area contributed by atoms with Crippen LogP contribution in [-0.4, -0.2) is 10.7 Å². The van der Waals surface area contributed by atoms with Crippen molar-refractivity contribution in [3.05, 3.63) is 96.7 Å². The first-order chi connectivity index (χ1) is 12.3. The van der Waals surface area contributed by atoms with Crippen molar-refractivity contribution >= 4 is 22.2 Å². The number of benzene rings is 3. The Hall–Kier alpha value is -3.26. The van der Waals surface area contributed by atoms with Gasteiger partial charge in [-0.2, -0.15) is 0 Å². The molecule has 0 atom stereocenters. The molecule has 0 saturated heterocycles. The standard InChI is InChI=1S/C23H18N2/c1-17(24-21-10-3-2-4-11-21)22-12-7-13-23(25-22)20-15-14-18-8-5-6-9-19(18)16-20/h2-16H,1H3. The molecule has 2 heteroatoms. The van der Waals surface area contributed by atoms with Crippen LogP contribution in [0.3, 0.4) is 0 Å². The summed E-state index contributed by atoms with van der Waals surface area (Å²) in [6.45, 7) is 2.00. The number of aromatic nitrogens is 1. The van der Waals surface area contributed by atoms with Gasteiger partial charge in [0.2, 0.25) is 0 Å². The van der Waals surface area contributed by atoms with E-state index in [9.17, 15) is 0 Å². The average molecular weight is 322 g/mol. The van der Waals surface area contributed by atoms with Gasteiger partial charge in [-0.15, -0.1) is 0 Å². The minimum atomic E-state index is 0.898. The Kier molecular flexibility index (Phi) is 4.09. The lowest BCUT2D eigenvalue weighted by molar-refractivity contribution is 1.28. The van der Waals surface area contributed by atoms with Gasteiger partial charge in [0, 0.05) is 5.56 Å². The van der Waals surface area contributed by atoms with Crippen LogP contribution in [0.4, 0.5) is 5.69 Å². The van der Waals surface area contributed by atoms with E-state index in [-0.39, 0.29) is 0 Å². The number of para-hydroxylation sites is 1. The van der Waals surface area contributed by atoms with Gasteiger partial charge in [-0.1, -0.05) is 60.7 Å². The van der Waals surface area contributed by atoms with E-state index in [1.54, 1.807) is 0 Å². The molecule has 0 saturated carbocycles. The summed E-state index contributed by atoms with van der Waals surface area (Å²) in [7, 11) is 0. The van der Waals surface area contributed by atoms with Crippen LogP contribution >= 0.6 is 0 Å². The van der Waals surface area contributed by atoms with Crippen LogP contribution in [0.2, 0.25) is 0 Å². The van der Waals surface area contributed by atoms with Crippen LogP contribution in [0, 0.1) is 0 Å². The van der Waals surface area contributed by atoms with Crippen molar-refractivity contribution in [2.45, 2.75) is 6.92 Å². The molecule has 4 aromatic rings. The molecule has 0 aliphatic rings. The fraction of sp³-hybridized carbons (Fsp3) is 0.0435. The number of pyridine rings is 1. The third kappa shape index (κ3) is 3.33. The largest absolute Gasteiger partial charge is 0.252 e. The van der Waals surface area contributed by atoms with Gasteiger partial charge in [0.05, 0.1) is 22.8 Å². The summed E-state index contributed by atoms with van der Waals surface area (Å²) in [5.74, 6) is 0. The van der Waals surface area contributed by atoms with Crippen molar-refractivity contribution in [1.29, 1.82) is 0 Å². The summed E-state index contributed by atoms with van der Waals surface area (Å²) >= 11 is 0. The molecular formula is C23H18N2. The predicted molar refractivity (Wildman–Crippen MR) is 105 cm³/mol. The van der Waals surface area contributed by atoms with Crippen molar-refractivity contribution < 1.29 is 0 Å². The van der Waals surface area contributed by atoms with Crippen molar-refractivity contribution in [1.82, 2.24) is 4.98 Å². The SMILES string of the molecule is CC(=Nc1ccccc1)c1cccc(-c2ccc3ccccc3c2)n1. The number of hydrogen-bond donors (Lipinski definition) is 0. The highest BCUT2D eigenvalue weighted by Gasteiger charge is 2.05. The van der Waals surface area contributed by atoms with E-state index < -0.39 is 0 Å². The molecule has 0 amide bonds. The van der Waals surface area contributed by atoms with Gasteiger partial charge in [-0.25, -0.2) is 4.98 Å². The predicted octanol–water partition coefficient (Wildman–Crippen LogP) is 6.04. The quantitative estimate of drug-likeness (QED) is 0.422. The topological polar surface area (TPSA) is 25.2 Å². The Morgan fingerprint density at radius 1 is 0.720 bits per heavy atom. The molecule has 0 spiro atoms. The summed E-state index contributed by atoms with van der Waals surface area (Å²) in [6.07, 6.45) is 0. The Bertz CT molecular complexity index is 1050. The van der Waals surface area contributed by atoms with Crippen LogP contribution in [0.15, 0.2) is 96.0 Å². The minimum absolute atomic E-state index is 0.898. The Morgan fingerprint density at radius 3 is 2.32 bits per heavy atom. The van der Waals surface area contributed by atoms with Crippen molar-refractivity contribution in [3.63, 3.8) is 0 Å². The number of aliphatic imine (C=N–C) groups is 1. The first kappa shape index (κ1) is 15.3. The Labute approximate surface area is 147 Å². The fourth-order valence-corrected chi connectivity index (χ4v) is 2.90. The summed E-state index contributed by atoms with van der Waals surface area (Å²) in [4.78, 5) is 9.48. The molecule has 0 aliphatic carbocycles. The van der Waals surface area contributed by atoms with Crippen LogP contribution in [0.5, 0.6) is 0 Å². The van der Waals surface area contributed by atoms with E-state index in [1.807, 2.05) is 55.5 Å². The fourth-order valence-electron chi connectivity index (χ4n) is 2.90. The highest BCUT2D eigenvalue weighted by atomic mass is 14.8. The second-order valence-electron chi connectivity index (χ2n) is 6.00. The zero-order chi connectivity index (χ0) is 17.1. The van der Waals surface area contributed by atoms with E-state index in [0.29, 0.717) is 0 Å². The molecule has 1 heterocycles.